The molecule has 1 amide bonds. The van der Waals surface area contributed by atoms with Crippen molar-refractivity contribution in [2.45, 2.75) is 208 Å². The molecule has 9 rings (SSSR count). The number of aromatic nitrogens is 4. The molecule has 5 heterocycles. The molecule has 2 saturated heterocycles. The lowest BCUT2D eigenvalue weighted by molar-refractivity contribution is -0.115. The quantitative estimate of drug-likeness (QED) is 0.128. The molecule has 0 spiro atoms. The first kappa shape index (κ1) is 63.9. The first-order valence-corrected chi connectivity index (χ1v) is 30.6. The van der Waals surface area contributed by atoms with E-state index in [1.165, 1.54) is 152 Å². The number of hydrogen-bond donors (Lipinski definition) is 13. The first-order valence-electron chi connectivity index (χ1n) is 26.1. The lowest BCUT2D eigenvalue weighted by Crippen LogP contribution is -2.40. The minimum absolute atomic E-state index is 0.00424. The highest BCUT2D eigenvalue weighted by Crippen LogP contribution is 2.61. The second-order valence-electron chi connectivity index (χ2n) is 20.0. The Hall–Kier alpha value is -2.89. The Labute approximate surface area is 442 Å². The third kappa shape index (κ3) is 21.0. The Balaban J connectivity index is 0.000000302. The van der Waals surface area contributed by atoms with Crippen LogP contribution in [0.4, 0.5) is 5.82 Å². The number of aliphatic hydroxyl groups is 3. The largest absolute Gasteiger partial charge is 0.481 e. The van der Waals surface area contributed by atoms with E-state index >= 15 is 0 Å². The van der Waals surface area contributed by atoms with E-state index in [-0.39, 0.29) is 29.0 Å². The SMILES string of the molecule is NC(=O)C1=CN([C@@H]2O[C@H](COP(=O)(O)OP(=O)(O)OC[C@H]3O[C@@H](n4cnc5c(N)ncnc54)[C@H](OP(=O)(O)O)[C@@H]3O)[C@@H](O)[C@H]2O)C=CC1.NC1CCCCC1.NC1CCCCC1.NC1CCCCC1.NC1CCCCC1. The van der Waals surface area contributed by atoms with E-state index in [2.05, 4.69) is 23.8 Å². The summed E-state index contributed by atoms with van der Waals surface area (Å²) in [5.74, 6) is -0.791. The number of phosphoric acid groups is 3. The second-order valence-corrected chi connectivity index (χ2v) is 24.2. The number of nitrogens with two attached hydrogens (primary N) is 6. The number of anilines is 1. The molecule has 6 fully saturated rings. The van der Waals surface area contributed by atoms with E-state index < -0.39 is 91.7 Å². The molecule has 76 heavy (non-hydrogen) atoms. The van der Waals surface area contributed by atoms with E-state index in [4.69, 9.17) is 52.9 Å². The Morgan fingerprint density at radius 1 is 0.645 bits per heavy atom. The minimum atomic E-state index is -5.52. The van der Waals surface area contributed by atoms with Crippen molar-refractivity contribution in [3.63, 3.8) is 0 Å². The van der Waals surface area contributed by atoms with Crippen LogP contribution < -0.4 is 34.4 Å². The summed E-state index contributed by atoms with van der Waals surface area (Å²) in [6.07, 6.45) is 20.2. The number of carbonyl (C=O) groups is 1. The van der Waals surface area contributed by atoms with Gasteiger partial charge < -0.3 is 83.7 Å². The molecule has 19 N–H and O–H groups in total. The van der Waals surface area contributed by atoms with Crippen LogP contribution in [0.15, 0.2) is 36.7 Å². The fraction of sp³-hybridized carbons (Fsp3) is 0.778. The molecule has 4 saturated carbocycles. The summed E-state index contributed by atoms with van der Waals surface area (Å²) in [6, 6.07) is 2.14. The average Bonchev–Trinajstić information content (AvgIpc) is 4.03. The number of aliphatic hydroxyl groups excluding tert-OH is 3. The van der Waals surface area contributed by atoms with Crippen LogP contribution in [0, 0.1) is 0 Å². The van der Waals surface area contributed by atoms with Crippen LogP contribution in [-0.4, -0.2) is 145 Å². The number of imidazole rings is 1. The van der Waals surface area contributed by atoms with E-state index in [0.717, 1.165) is 17.2 Å². The summed E-state index contributed by atoms with van der Waals surface area (Å²) in [5, 5.41) is 31.5. The molecule has 0 bridgehead atoms. The maximum Gasteiger partial charge on any atom is 0.481 e. The smallest absolute Gasteiger partial charge is 0.387 e. The Morgan fingerprint density at radius 3 is 1.51 bits per heavy atom. The Bertz CT molecular complexity index is 2230. The maximum absolute atomic E-state index is 12.6. The van der Waals surface area contributed by atoms with Gasteiger partial charge in [0.25, 0.3) is 0 Å². The van der Waals surface area contributed by atoms with Crippen LogP contribution in [0.25, 0.3) is 11.2 Å². The predicted octanol–water partition coefficient (Wildman–Crippen LogP) is 2.54. The van der Waals surface area contributed by atoms with E-state index in [1.54, 1.807) is 0 Å². The maximum atomic E-state index is 12.6. The monoisotopic (exact) mass is 1140 g/mol. The fourth-order valence-electron chi connectivity index (χ4n) is 9.47. The standard InChI is InChI=1S/C21H30N7O17P3.4C6H13N/c22-17-12-19(25-7-24-17)28(8-26-12)21-16(44-46(33,34)35)14(30)11(43-21)6-41-48(38,39)45-47(36,37)40-5-10-13(29)15(31)20(42-10)27-3-1-2-9(4-27)18(23)32;4*7-6-4-2-1-3-5-6/h1,3-4,7-8,10-11,13-16,20-21,29-31H,2,5-6H2,(H2,23,32)(H,36,37)(H,38,39)(H2,22,24,25)(H2,33,34,35);4*6H,1-5,7H2/t10-,11-,13-,14-,15-,16-,20-,21-;;;;/m1..../s1. The van der Waals surface area contributed by atoms with Gasteiger partial charge in [-0.3, -0.25) is 22.9 Å². The summed E-state index contributed by atoms with van der Waals surface area (Å²) in [5.41, 5.74) is 33.8. The Morgan fingerprint density at radius 2 is 1.09 bits per heavy atom. The van der Waals surface area contributed by atoms with Crippen molar-refractivity contribution in [1.29, 1.82) is 0 Å². The number of primary amides is 1. The lowest BCUT2D eigenvalue weighted by Gasteiger charge is -2.28. The normalized spacial score (nSPS) is 29.5. The van der Waals surface area contributed by atoms with Crippen LogP contribution in [0.5, 0.6) is 0 Å². The van der Waals surface area contributed by atoms with Gasteiger partial charge in [-0.25, -0.2) is 28.6 Å². The number of allylic oxidation sites excluding steroid dienone is 1. The molecule has 7 aliphatic rings. The van der Waals surface area contributed by atoms with E-state index in [9.17, 15) is 53.4 Å². The zero-order valence-corrected chi connectivity index (χ0v) is 45.5. The number of ether oxygens (including phenoxy) is 2. The number of nitrogen functional groups attached to an aromatic ring is 1. The molecule has 4 aliphatic carbocycles. The highest BCUT2D eigenvalue weighted by Gasteiger charge is 2.51. The zero-order chi connectivity index (χ0) is 55.6. The van der Waals surface area contributed by atoms with Gasteiger partial charge in [-0.1, -0.05) is 83.1 Å². The molecule has 28 nitrogen and oxygen atoms in total. The van der Waals surface area contributed by atoms with Gasteiger partial charge >= 0.3 is 23.5 Å². The third-order valence-electron chi connectivity index (χ3n) is 13.7. The third-order valence-corrected chi connectivity index (χ3v) is 16.8. The van der Waals surface area contributed by atoms with Gasteiger partial charge in [0.05, 0.1) is 19.5 Å². The lowest BCUT2D eigenvalue weighted by atomic mass is 9.97. The molecule has 2 aromatic heterocycles. The highest BCUT2D eigenvalue weighted by molar-refractivity contribution is 7.61. The number of rotatable bonds is 13. The number of fused-ring (bicyclic) bond motifs is 1. The molecule has 434 valence electrons. The van der Waals surface area contributed by atoms with E-state index in [0.29, 0.717) is 24.2 Å². The van der Waals surface area contributed by atoms with Gasteiger partial charge in [-0.2, -0.15) is 4.31 Å². The summed E-state index contributed by atoms with van der Waals surface area (Å²) in [7, 11) is -16.3. The summed E-state index contributed by atoms with van der Waals surface area (Å²) in [4.78, 5) is 63.4. The van der Waals surface area contributed by atoms with Crippen molar-refractivity contribution >= 4 is 46.4 Å². The highest BCUT2D eigenvalue weighted by atomic mass is 31.3. The van der Waals surface area contributed by atoms with Gasteiger partial charge in [0.15, 0.2) is 23.9 Å². The van der Waals surface area contributed by atoms with Crippen LogP contribution in [0.3, 0.4) is 0 Å². The van der Waals surface area contributed by atoms with Crippen molar-refractivity contribution in [2.24, 2.45) is 28.7 Å². The van der Waals surface area contributed by atoms with Crippen molar-refractivity contribution in [1.82, 2.24) is 24.4 Å². The van der Waals surface area contributed by atoms with Crippen molar-refractivity contribution in [3.8, 4) is 0 Å². The predicted molar refractivity (Wildman–Crippen MR) is 277 cm³/mol. The molecule has 3 aliphatic heterocycles. The van der Waals surface area contributed by atoms with Gasteiger partial charge in [0, 0.05) is 42.1 Å². The number of carbonyl (C=O) groups excluding carboxylic acids is 1. The van der Waals surface area contributed by atoms with Gasteiger partial charge in [-0.15, -0.1) is 0 Å². The number of phosphoric ester groups is 3. The number of amides is 1. The fourth-order valence-corrected chi connectivity index (χ4v) is 12.1. The molecule has 0 radical (unpaired) electrons. The van der Waals surface area contributed by atoms with Gasteiger partial charge in [0.1, 0.15) is 48.5 Å². The van der Waals surface area contributed by atoms with Crippen LogP contribution in [-0.2, 0) is 45.8 Å². The van der Waals surface area contributed by atoms with Crippen molar-refractivity contribution in [3.05, 3.63) is 36.7 Å². The van der Waals surface area contributed by atoms with Gasteiger partial charge in [-0.05, 0) is 57.8 Å². The zero-order valence-electron chi connectivity index (χ0n) is 42.8. The summed E-state index contributed by atoms with van der Waals surface area (Å²) >= 11 is 0. The minimum Gasteiger partial charge on any atom is -0.387 e. The average molecular weight is 1140 g/mol. The van der Waals surface area contributed by atoms with Crippen molar-refractivity contribution < 1.29 is 80.7 Å². The van der Waals surface area contributed by atoms with E-state index in [1.807, 2.05) is 0 Å². The molecule has 10 atom stereocenters. The molecule has 0 aromatic carbocycles. The second kappa shape index (κ2) is 30.6. The number of nitrogens with zero attached hydrogens (tertiary/aromatic N) is 5. The molecule has 2 unspecified atom stereocenters. The van der Waals surface area contributed by atoms with Crippen LogP contribution in [0.1, 0.15) is 141 Å². The van der Waals surface area contributed by atoms with Crippen LogP contribution in [0.2, 0.25) is 0 Å². The van der Waals surface area contributed by atoms with Gasteiger partial charge in [0.2, 0.25) is 5.91 Å². The van der Waals surface area contributed by atoms with Crippen molar-refractivity contribution in [2.75, 3.05) is 18.9 Å². The molecular weight excluding hydrogens is 1060 g/mol. The Kier molecular flexibility index (Phi) is 25.8. The summed E-state index contributed by atoms with van der Waals surface area (Å²) in [6.45, 7) is -2.02. The molecule has 31 heteroatoms. The summed E-state index contributed by atoms with van der Waals surface area (Å²) < 4.78 is 67.2. The number of hydrogen-bond acceptors (Lipinski definition) is 22. The first-order chi connectivity index (χ1) is 35.9. The van der Waals surface area contributed by atoms with Crippen LogP contribution >= 0.6 is 23.5 Å². The molecule has 2 aromatic rings. The molecular formula is C45H82N11O17P3. The topological polar surface area (TPSA) is 468 Å².